The molecule has 1 aromatic heterocycles. The van der Waals surface area contributed by atoms with Crippen molar-refractivity contribution in [2.24, 2.45) is 0 Å². The van der Waals surface area contributed by atoms with Crippen LogP contribution in [0.15, 0.2) is 54.9 Å². The van der Waals surface area contributed by atoms with Gasteiger partial charge >= 0.3 is 0 Å². The molecule has 0 amide bonds. The average molecular weight is 246 g/mol. The molecule has 1 aliphatic rings. The van der Waals surface area contributed by atoms with E-state index >= 15 is 0 Å². The van der Waals surface area contributed by atoms with Crippen molar-refractivity contribution in [3.8, 4) is 11.1 Å². The van der Waals surface area contributed by atoms with E-state index in [4.69, 9.17) is 0 Å². The van der Waals surface area contributed by atoms with Crippen LogP contribution in [0.5, 0.6) is 0 Å². The molecule has 0 spiro atoms. The first-order valence-corrected chi connectivity index (χ1v) is 6.62. The summed E-state index contributed by atoms with van der Waals surface area (Å²) < 4.78 is 0. The zero-order chi connectivity index (χ0) is 12.7. The van der Waals surface area contributed by atoms with Crippen molar-refractivity contribution < 1.29 is 0 Å². The molecule has 0 fully saturated rings. The molecule has 92 valence electrons. The Hall–Kier alpha value is -2.35. The van der Waals surface area contributed by atoms with E-state index in [-0.39, 0.29) is 0 Å². The highest BCUT2D eigenvalue weighted by Gasteiger charge is 2.11. The first kappa shape index (κ1) is 10.6. The van der Waals surface area contributed by atoms with Gasteiger partial charge in [0.15, 0.2) is 0 Å². The summed E-state index contributed by atoms with van der Waals surface area (Å²) in [5.41, 5.74) is 5.20. The summed E-state index contributed by atoms with van der Waals surface area (Å²) in [7, 11) is 0. The molecule has 19 heavy (non-hydrogen) atoms. The van der Waals surface area contributed by atoms with Crippen molar-refractivity contribution in [2.75, 3.05) is 11.9 Å². The van der Waals surface area contributed by atoms with Crippen LogP contribution >= 0.6 is 0 Å². The summed E-state index contributed by atoms with van der Waals surface area (Å²) in [6.45, 7) is 1.05. The molecular formula is C17H14N2. The van der Waals surface area contributed by atoms with Gasteiger partial charge in [0.2, 0.25) is 0 Å². The van der Waals surface area contributed by atoms with Crippen molar-refractivity contribution in [1.82, 2.24) is 4.98 Å². The Kier molecular flexibility index (Phi) is 2.27. The fraction of sp³-hybridized carbons (Fsp3) is 0.118. The van der Waals surface area contributed by atoms with Crippen LogP contribution in [0, 0.1) is 0 Å². The molecule has 2 heteroatoms. The molecule has 2 nitrogen and oxygen atoms in total. The zero-order valence-electron chi connectivity index (χ0n) is 10.6. The van der Waals surface area contributed by atoms with E-state index < -0.39 is 0 Å². The lowest BCUT2D eigenvalue weighted by Crippen LogP contribution is -1.91. The Morgan fingerprint density at radius 3 is 3.05 bits per heavy atom. The summed E-state index contributed by atoms with van der Waals surface area (Å²) in [6.07, 6.45) is 4.92. The standard InChI is InChI=1S/C17H14N2/c1-2-12-6-8-18-11-16(12)15(3-1)14-5-4-13-7-9-19-17(13)10-14/h1-6,8,10-11,19H,7,9H2. The molecule has 2 heterocycles. The smallest absolute Gasteiger partial charge is 0.0379 e. The van der Waals surface area contributed by atoms with Gasteiger partial charge < -0.3 is 5.32 Å². The van der Waals surface area contributed by atoms with Crippen LogP contribution in [0.4, 0.5) is 5.69 Å². The predicted molar refractivity (Wildman–Crippen MR) is 79.4 cm³/mol. The minimum Gasteiger partial charge on any atom is -0.384 e. The van der Waals surface area contributed by atoms with Crippen LogP contribution in [0.1, 0.15) is 5.56 Å². The van der Waals surface area contributed by atoms with Crippen LogP contribution in [0.3, 0.4) is 0 Å². The molecule has 1 aliphatic heterocycles. The van der Waals surface area contributed by atoms with E-state index in [2.05, 4.69) is 52.8 Å². The van der Waals surface area contributed by atoms with Gasteiger partial charge in [-0.15, -0.1) is 0 Å². The second-order valence-electron chi connectivity index (χ2n) is 4.95. The normalized spacial score (nSPS) is 13.3. The van der Waals surface area contributed by atoms with Crippen molar-refractivity contribution in [3.63, 3.8) is 0 Å². The van der Waals surface area contributed by atoms with Crippen molar-refractivity contribution in [1.29, 1.82) is 0 Å². The van der Waals surface area contributed by atoms with E-state index in [1.807, 2.05) is 12.4 Å². The quantitative estimate of drug-likeness (QED) is 0.705. The number of nitrogens with zero attached hydrogens (tertiary/aromatic N) is 1. The first-order valence-electron chi connectivity index (χ1n) is 6.62. The molecule has 0 unspecified atom stereocenters. The van der Waals surface area contributed by atoms with Gasteiger partial charge in [0, 0.05) is 30.0 Å². The number of fused-ring (bicyclic) bond motifs is 2. The van der Waals surface area contributed by atoms with Gasteiger partial charge in [-0.25, -0.2) is 0 Å². The Labute approximate surface area is 112 Å². The molecule has 1 N–H and O–H groups in total. The van der Waals surface area contributed by atoms with Crippen molar-refractivity contribution in [3.05, 3.63) is 60.4 Å². The minimum absolute atomic E-state index is 1.05. The lowest BCUT2D eigenvalue weighted by Gasteiger charge is -2.08. The van der Waals surface area contributed by atoms with Gasteiger partial charge in [-0.1, -0.05) is 30.3 Å². The molecular weight excluding hydrogens is 232 g/mol. The van der Waals surface area contributed by atoms with Gasteiger partial charge in [-0.05, 0) is 40.6 Å². The number of rotatable bonds is 1. The largest absolute Gasteiger partial charge is 0.384 e. The number of benzene rings is 2. The number of hydrogen-bond acceptors (Lipinski definition) is 2. The van der Waals surface area contributed by atoms with Gasteiger partial charge in [0.1, 0.15) is 0 Å². The zero-order valence-corrected chi connectivity index (χ0v) is 10.6. The molecule has 0 bridgehead atoms. The molecule has 0 saturated carbocycles. The SMILES string of the molecule is c1cc(-c2ccc3c(c2)NCC3)c2cnccc2c1. The molecule has 3 aromatic rings. The maximum Gasteiger partial charge on any atom is 0.0379 e. The van der Waals surface area contributed by atoms with Gasteiger partial charge in [0.25, 0.3) is 0 Å². The fourth-order valence-electron chi connectivity index (χ4n) is 2.82. The maximum atomic E-state index is 4.26. The number of hydrogen-bond donors (Lipinski definition) is 1. The highest BCUT2D eigenvalue weighted by molar-refractivity contribution is 5.96. The predicted octanol–water partition coefficient (Wildman–Crippen LogP) is 3.87. The average Bonchev–Trinajstić information content (AvgIpc) is 2.94. The maximum absolute atomic E-state index is 4.26. The van der Waals surface area contributed by atoms with E-state index in [9.17, 15) is 0 Å². The van der Waals surface area contributed by atoms with E-state index in [1.165, 1.54) is 33.2 Å². The van der Waals surface area contributed by atoms with Crippen LogP contribution in [-0.4, -0.2) is 11.5 Å². The third-order valence-electron chi connectivity index (χ3n) is 3.81. The molecule has 2 aromatic carbocycles. The lowest BCUT2D eigenvalue weighted by atomic mass is 9.98. The number of aromatic nitrogens is 1. The van der Waals surface area contributed by atoms with Crippen LogP contribution < -0.4 is 5.32 Å². The Morgan fingerprint density at radius 2 is 2.05 bits per heavy atom. The van der Waals surface area contributed by atoms with Gasteiger partial charge in [0.05, 0.1) is 0 Å². The molecule has 0 atom stereocenters. The lowest BCUT2D eigenvalue weighted by molar-refractivity contribution is 1.11. The summed E-state index contributed by atoms with van der Waals surface area (Å²) in [6, 6.07) is 15.2. The number of anilines is 1. The van der Waals surface area contributed by atoms with Crippen LogP contribution in [-0.2, 0) is 6.42 Å². The van der Waals surface area contributed by atoms with E-state index in [0.717, 1.165) is 13.0 Å². The first-order chi connectivity index (χ1) is 9.42. The number of pyridine rings is 1. The Morgan fingerprint density at radius 1 is 1.05 bits per heavy atom. The van der Waals surface area contributed by atoms with Crippen molar-refractivity contribution in [2.45, 2.75) is 6.42 Å². The third-order valence-corrected chi connectivity index (χ3v) is 3.81. The summed E-state index contributed by atoms with van der Waals surface area (Å²) >= 11 is 0. The molecule has 0 radical (unpaired) electrons. The third kappa shape index (κ3) is 1.68. The van der Waals surface area contributed by atoms with Gasteiger partial charge in [-0.2, -0.15) is 0 Å². The summed E-state index contributed by atoms with van der Waals surface area (Å²) in [5, 5.41) is 5.89. The second kappa shape index (κ2) is 4.09. The molecule has 0 saturated heterocycles. The highest BCUT2D eigenvalue weighted by atomic mass is 14.9. The topological polar surface area (TPSA) is 24.9 Å². The number of nitrogens with one attached hydrogen (secondary N) is 1. The Bertz CT molecular complexity index is 757. The molecule has 4 rings (SSSR count). The van der Waals surface area contributed by atoms with E-state index in [0.29, 0.717) is 0 Å². The highest BCUT2D eigenvalue weighted by Crippen LogP contribution is 2.32. The van der Waals surface area contributed by atoms with Gasteiger partial charge in [-0.3, -0.25) is 4.98 Å². The van der Waals surface area contributed by atoms with E-state index in [1.54, 1.807) is 0 Å². The second-order valence-corrected chi connectivity index (χ2v) is 4.95. The monoisotopic (exact) mass is 246 g/mol. The minimum atomic E-state index is 1.05. The van der Waals surface area contributed by atoms with Crippen LogP contribution in [0.2, 0.25) is 0 Å². The van der Waals surface area contributed by atoms with Crippen LogP contribution in [0.25, 0.3) is 21.9 Å². The summed E-state index contributed by atoms with van der Waals surface area (Å²) in [4.78, 5) is 4.26. The Balaban J connectivity index is 1.95. The van der Waals surface area contributed by atoms with Crippen molar-refractivity contribution >= 4 is 16.5 Å². The molecule has 0 aliphatic carbocycles. The summed E-state index contributed by atoms with van der Waals surface area (Å²) in [5.74, 6) is 0. The fourth-order valence-corrected chi connectivity index (χ4v) is 2.82.